The van der Waals surface area contributed by atoms with Crippen LogP contribution in [0.25, 0.3) is 0 Å². The Hall–Kier alpha value is -0.970. The molecule has 0 amide bonds. The van der Waals surface area contributed by atoms with E-state index in [2.05, 4.69) is 21.2 Å². The second-order valence-electron chi connectivity index (χ2n) is 4.73. The van der Waals surface area contributed by atoms with Crippen LogP contribution in [0.3, 0.4) is 0 Å². The van der Waals surface area contributed by atoms with E-state index < -0.39 is 0 Å². The first-order chi connectivity index (χ1) is 10.0. The van der Waals surface area contributed by atoms with Gasteiger partial charge >= 0.3 is 0 Å². The average molecular weight is 375 g/mol. The van der Waals surface area contributed by atoms with Crippen molar-refractivity contribution in [1.29, 1.82) is 0 Å². The summed E-state index contributed by atoms with van der Waals surface area (Å²) in [5, 5.41) is 3.58. The summed E-state index contributed by atoms with van der Waals surface area (Å²) in [5.41, 5.74) is 1.19. The molecule has 0 bridgehead atoms. The predicted molar refractivity (Wildman–Crippen MR) is 85.6 cm³/mol. The standard InChI is InChI=1S/C16H15BrClF2N/c1-2-21-15(16-13(18)4-3-5-14(16)20)8-10-6-11(17)9-12(19)7-10/h3-7,9,15,21H,2,8H2,1H3. The Morgan fingerprint density at radius 1 is 1.24 bits per heavy atom. The fourth-order valence-electron chi connectivity index (χ4n) is 2.33. The molecule has 112 valence electrons. The van der Waals surface area contributed by atoms with Gasteiger partial charge in [-0.3, -0.25) is 0 Å². The van der Waals surface area contributed by atoms with E-state index in [4.69, 9.17) is 11.6 Å². The maximum atomic E-state index is 14.1. The molecule has 2 rings (SSSR count). The predicted octanol–water partition coefficient (Wildman–Crippen LogP) is 5.27. The van der Waals surface area contributed by atoms with Gasteiger partial charge in [0.1, 0.15) is 11.6 Å². The van der Waals surface area contributed by atoms with Crippen molar-refractivity contribution in [2.24, 2.45) is 0 Å². The fraction of sp³-hybridized carbons (Fsp3) is 0.250. The van der Waals surface area contributed by atoms with Gasteiger partial charge in [0.05, 0.1) is 0 Å². The molecule has 0 aliphatic rings. The topological polar surface area (TPSA) is 12.0 Å². The van der Waals surface area contributed by atoms with E-state index in [1.165, 1.54) is 18.2 Å². The Morgan fingerprint density at radius 3 is 2.62 bits per heavy atom. The minimum atomic E-state index is -0.357. The molecule has 2 aromatic carbocycles. The highest BCUT2D eigenvalue weighted by Gasteiger charge is 2.19. The SMILES string of the molecule is CCNC(Cc1cc(F)cc(Br)c1)c1c(F)cccc1Cl. The molecule has 0 spiro atoms. The molecule has 0 saturated carbocycles. The summed E-state index contributed by atoms with van der Waals surface area (Å²) >= 11 is 9.39. The van der Waals surface area contributed by atoms with Gasteiger partial charge in [-0.2, -0.15) is 0 Å². The summed E-state index contributed by atoms with van der Waals surface area (Å²) in [6, 6.07) is 8.97. The van der Waals surface area contributed by atoms with Crippen LogP contribution in [0.2, 0.25) is 5.02 Å². The number of halogens is 4. The number of likely N-dealkylation sites (N-methyl/N-ethyl adjacent to an activating group) is 1. The number of hydrogen-bond donors (Lipinski definition) is 1. The van der Waals surface area contributed by atoms with Gasteiger partial charge in [-0.05, 0) is 48.9 Å². The third-order valence-electron chi connectivity index (χ3n) is 3.16. The van der Waals surface area contributed by atoms with Crippen LogP contribution in [0.15, 0.2) is 40.9 Å². The van der Waals surface area contributed by atoms with Crippen LogP contribution >= 0.6 is 27.5 Å². The lowest BCUT2D eigenvalue weighted by Gasteiger charge is -2.20. The molecule has 0 aliphatic carbocycles. The maximum absolute atomic E-state index is 14.1. The molecule has 1 unspecified atom stereocenters. The van der Waals surface area contributed by atoms with Gasteiger partial charge in [-0.25, -0.2) is 8.78 Å². The molecule has 0 aliphatic heterocycles. The van der Waals surface area contributed by atoms with Crippen LogP contribution in [0.1, 0.15) is 24.1 Å². The van der Waals surface area contributed by atoms with Crippen LogP contribution < -0.4 is 5.32 Å². The van der Waals surface area contributed by atoms with Crippen LogP contribution in [-0.2, 0) is 6.42 Å². The second kappa shape index (κ2) is 7.34. The van der Waals surface area contributed by atoms with Crippen molar-refractivity contribution in [2.75, 3.05) is 6.54 Å². The highest BCUT2D eigenvalue weighted by molar-refractivity contribution is 9.10. The van der Waals surface area contributed by atoms with Crippen molar-refractivity contribution in [3.8, 4) is 0 Å². The lowest BCUT2D eigenvalue weighted by atomic mass is 9.98. The van der Waals surface area contributed by atoms with Gasteiger partial charge in [0, 0.05) is 21.1 Å². The van der Waals surface area contributed by atoms with E-state index in [0.29, 0.717) is 28.0 Å². The number of nitrogens with one attached hydrogen (secondary N) is 1. The fourth-order valence-corrected chi connectivity index (χ4v) is 3.14. The summed E-state index contributed by atoms with van der Waals surface area (Å²) in [7, 11) is 0. The van der Waals surface area contributed by atoms with Crippen molar-refractivity contribution < 1.29 is 8.78 Å². The minimum Gasteiger partial charge on any atom is -0.310 e. The van der Waals surface area contributed by atoms with Gasteiger partial charge < -0.3 is 5.32 Å². The summed E-state index contributed by atoms with van der Waals surface area (Å²) in [6.45, 7) is 2.59. The average Bonchev–Trinajstić information content (AvgIpc) is 2.37. The second-order valence-corrected chi connectivity index (χ2v) is 6.05. The van der Waals surface area contributed by atoms with Gasteiger partial charge in [0.15, 0.2) is 0 Å². The van der Waals surface area contributed by atoms with E-state index in [-0.39, 0.29) is 17.7 Å². The highest BCUT2D eigenvalue weighted by atomic mass is 79.9. The Morgan fingerprint density at radius 2 is 2.00 bits per heavy atom. The van der Waals surface area contributed by atoms with E-state index in [1.807, 2.05) is 13.0 Å². The Bertz CT molecular complexity index is 593. The Kier molecular flexibility index (Phi) is 5.73. The number of benzene rings is 2. The smallest absolute Gasteiger partial charge is 0.129 e. The van der Waals surface area contributed by atoms with Gasteiger partial charge in [0.2, 0.25) is 0 Å². The van der Waals surface area contributed by atoms with E-state index in [0.717, 1.165) is 5.56 Å². The lowest BCUT2D eigenvalue weighted by Crippen LogP contribution is -2.24. The monoisotopic (exact) mass is 373 g/mol. The maximum Gasteiger partial charge on any atom is 0.129 e. The summed E-state index contributed by atoms with van der Waals surface area (Å²) in [4.78, 5) is 0. The van der Waals surface area contributed by atoms with E-state index in [1.54, 1.807) is 12.1 Å². The summed E-state index contributed by atoms with van der Waals surface area (Å²) in [5.74, 6) is -0.682. The molecular formula is C16H15BrClF2N. The summed E-state index contributed by atoms with van der Waals surface area (Å²) < 4.78 is 28.2. The van der Waals surface area contributed by atoms with Crippen LogP contribution in [-0.4, -0.2) is 6.54 Å². The molecule has 21 heavy (non-hydrogen) atoms. The molecule has 2 aromatic rings. The molecule has 0 saturated heterocycles. The molecular weight excluding hydrogens is 360 g/mol. The summed E-state index contributed by atoms with van der Waals surface area (Å²) in [6.07, 6.45) is 0.449. The largest absolute Gasteiger partial charge is 0.310 e. The molecule has 1 atom stereocenters. The van der Waals surface area contributed by atoms with Crippen LogP contribution in [0, 0.1) is 11.6 Å². The zero-order valence-corrected chi connectivity index (χ0v) is 13.8. The Labute approximate surface area is 136 Å². The van der Waals surface area contributed by atoms with Gasteiger partial charge in [0.25, 0.3) is 0 Å². The lowest BCUT2D eigenvalue weighted by molar-refractivity contribution is 0.509. The van der Waals surface area contributed by atoms with Crippen molar-refractivity contribution in [2.45, 2.75) is 19.4 Å². The quantitative estimate of drug-likeness (QED) is 0.751. The Balaban J connectivity index is 2.35. The molecule has 0 aromatic heterocycles. The van der Waals surface area contributed by atoms with Crippen molar-refractivity contribution in [3.63, 3.8) is 0 Å². The van der Waals surface area contributed by atoms with Crippen LogP contribution in [0.4, 0.5) is 8.78 Å². The van der Waals surface area contributed by atoms with Crippen molar-refractivity contribution >= 4 is 27.5 Å². The molecule has 0 fully saturated rings. The normalized spacial score (nSPS) is 12.4. The van der Waals surface area contributed by atoms with Crippen molar-refractivity contribution in [3.05, 3.63) is 68.7 Å². The van der Waals surface area contributed by atoms with Gasteiger partial charge in [-0.1, -0.05) is 40.5 Å². The first-order valence-electron chi connectivity index (χ1n) is 6.63. The molecule has 0 heterocycles. The number of hydrogen-bond acceptors (Lipinski definition) is 1. The van der Waals surface area contributed by atoms with E-state index in [9.17, 15) is 8.78 Å². The third-order valence-corrected chi connectivity index (χ3v) is 3.95. The molecule has 1 N–H and O–H groups in total. The zero-order valence-electron chi connectivity index (χ0n) is 11.5. The first-order valence-corrected chi connectivity index (χ1v) is 7.80. The molecule has 5 heteroatoms. The third kappa shape index (κ3) is 4.25. The minimum absolute atomic E-state index is 0.308. The number of rotatable bonds is 5. The zero-order chi connectivity index (χ0) is 15.4. The molecule has 1 nitrogen and oxygen atoms in total. The van der Waals surface area contributed by atoms with Crippen LogP contribution in [0.5, 0.6) is 0 Å². The molecule has 0 radical (unpaired) electrons. The van der Waals surface area contributed by atoms with E-state index >= 15 is 0 Å². The van der Waals surface area contributed by atoms with Gasteiger partial charge in [-0.15, -0.1) is 0 Å². The van der Waals surface area contributed by atoms with Crippen molar-refractivity contribution in [1.82, 2.24) is 5.32 Å². The highest BCUT2D eigenvalue weighted by Crippen LogP contribution is 2.29. The first kappa shape index (κ1) is 16.4.